The fourth-order valence-corrected chi connectivity index (χ4v) is 3.55. The van der Waals surface area contributed by atoms with Crippen molar-refractivity contribution < 1.29 is 19.1 Å². The summed E-state index contributed by atoms with van der Waals surface area (Å²) in [7, 11) is 0. The number of carbonyl (C=O) groups excluding carboxylic acids is 2. The second-order valence-electron chi connectivity index (χ2n) is 6.30. The lowest BCUT2D eigenvalue weighted by Crippen LogP contribution is -2.30. The lowest BCUT2D eigenvalue weighted by molar-refractivity contribution is -0.119. The smallest absolute Gasteiger partial charge is 0.413 e. The third-order valence-corrected chi connectivity index (χ3v) is 4.92. The van der Waals surface area contributed by atoms with Crippen LogP contribution in [0.15, 0.2) is 23.6 Å². The monoisotopic (exact) mass is 389 g/mol. The fourth-order valence-electron chi connectivity index (χ4n) is 2.85. The molecule has 2 aromatic rings. The summed E-state index contributed by atoms with van der Waals surface area (Å²) in [4.78, 5) is 27.7. The SMILES string of the molecule is CCCCOC(=O)Nc1nc(-c2ccc3c(c2)C(NC(C)=O)CCO3)cs1. The van der Waals surface area contributed by atoms with Crippen LogP contribution in [0.5, 0.6) is 5.75 Å². The molecular weight excluding hydrogens is 366 g/mol. The molecule has 1 aliphatic rings. The first-order valence-electron chi connectivity index (χ1n) is 9.00. The average Bonchev–Trinajstić information content (AvgIpc) is 3.10. The molecule has 8 heteroatoms. The van der Waals surface area contributed by atoms with Crippen LogP contribution in [0.25, 0.3) is 11.3 Å². The highest BCUT2D eigenvalue weighted by molar-refractivity contribution is 7.14. The Morgan fingerprint density at radius 3 is 3.04 bits per heavy atom. The molecule has 0 saturated heterocycles. The van der Waals surface area contributed by atoms with Crippen LogP contribution in [0.4, 0.5) is 9.93 Å². The minimum atomic E-state index is -0.492. The maximum absolute atomic E-state index is 11.7. The standard InChI is InChI=1S/C19H23N3O4S/c1-3-4-8-26-19(24)22-18-21-16(11-27-18)13-5-6-17-14(10-13)15(7-9-25-17)20-12(2)23/h5-6,10-11,15H,3-4,7-9H2,1-2H3,(H,20,23)(H,21,22,24). The third kappa shape index (κ3) is 4.97. The molecule has 0 bridgehead atoms. The van der Waals surface area contributed by atoms with E-state index < -0.39 is 6.09 Å². The molecule has 1 unspecified atom stereocenters. The summed E-state index contributed by atoms with van der Waals surface area (Å²) in [5.41, 5.74) is 2.59. The van der Waals surface area contributed by atoms with E-state index in [4.69, 9.17) is 9.47 Å². The second kappa shape index (κ2) is 8.85. The molecular formula is C19H23N3O4S. The van der Waals surface area contributed by atoms with Crippen LogP contribution in [-0.4, -0.2) is 30.2 Å². The van der Waals surface area contributed by atoms with E-state index in [1.807, 2.05) is 30.5 Å². The summed E-state index contributed by atoms with van der Waals surface area (Å²) in [5, 5.41) is 7.98. The number of nitrogens with zero attached hydrogens (tertiary/aromatic N) is 1. The maximum atomic E-state index is 11.7. The molecule has 1 aliphatic heterocycles. The Bertz CT molecular complexity index is 821. The van der Waals surface area contributed by atoms with Crippen LogP contribution < -0.4 is 15.4 Å². The molecule has 0 saturated carbocycles. The fraction of sp³-hybridized carbons (Fsp3) is 0.421. The van der Waals surface area contributed by atoms with E-state index in [0.717, 1.165) is 41.8 Å². The van der Waals surface area contributed by atoms with Gasteiger partial charge in [0.25, 0.3) is 0 Å². The molecule has 2 N–H and O–H groups in total. The Kier molecular flexibility index (Phi) is 6.28. The Hall–Kier alpha value is -2.61. The van der Waals surface area contributed by atoms with Crippen LogP contribution in [0.1, 0.15) is 44.7 Å². The quantitative estimate of drug-likeness (QED) is 0.726. The van der Waals surface area contributed by atoms with Gasteiger partial charge in [0.1, 0.15) is 5.75 Å². The third-order valence-electron chi connectivity index (χ3n) is 4.17. The Morgan fingerprint density at radius 2 is 2.26 bits per heavy atom. The molecule has 2 heterocycles. The first-order valence-corrected chi connectivity index (χ1v) is 9.88. The number of hydrogen-bond donors (Lipinski definition) is 2. The molecule has 144 valence electrons. The van der Waals surface area contributed by atoms with Crippen LogP contribution >= 0.6 is 11.3 Å². The van der Waals surface area contributed by atoms with Gasteiger partial charge in [0.05, 0.1) is 24.9 Å². The number of unbranched alkanes of at least 4 members (excludes halogenated alkanes) is 1. The predicted octanol–water partition coefficient (Wildman–Crippen LogP) is 4.12. The Morgan fingerprint density at radius 1 is 1.41 bits per heavy atom. The van der Waals surface area contributed by atoms with Crippen molar-refractivity contribution in [1.82, 2.24) is 10.3 Å². The van der Waals surface area contributed by atoms with Gasteiger partial charge < -0.3 is 14.8 Å². The van der Waals surface area contributed by atoms with Gasteiger partial charge in [-0.25, -0.2) is 9.78 Å². The lowest BCUT2D eigenvalue weighted by Gasteiger charge is -2.26. The molecule has 0 radical (unpaired) electrons. The van der Waals surface area contributed by atoms with Crippen molar-refractivity contribution in [3.8, 4) is 17.0 Å². The van der Waals surface area contributed by atoms with Gasteiger partial charge in [-0.1, -0.05) is 13.3 Å². The number of thiazole rings is 1. The number of aromatic nitrogens is 1. The van der Waals surface area contributed by atoms with Gasteiger partial charge in [-0.15, -0.1) is 11.3 Å². The van der Waals surface area contributed by atoms with E-state index in [-0.39, 0.29) is 11.9 Å². The first-order chi connectivity index (χ1) is 13.1. The molecule has 0 fully saturated rings. The Labute approximate surface area is 162 Å². The summed E-state index contributed by atoms with van der Waals surface area (Å²) in [6, 6.07) is 5.72. The predicted molar refractivity (Wildman–Crippen MR) is 104 cm³/mol. The molecule has 3 rings (SSSR count). The first kappa shape index (κ1) is 19.2. The normalized spacial score (nSPS) is 15.4. The van der Waals surface area contributed by atoms with E-state index >= 15 is 0 Å². The minimum Gasteiger partial charge on any atom is -0.493 e. The Balaban J connectivity index is 1.73. The van der Waals surface area contributed by atoms with Crippen LogP contribution in [0.3, 0.4) is 0 Å². The number of ether oxygens (including phenoxy) is 2. The molecule has 1 aromatic heterocycles. The van der Waals surface area contributed by atoms with Gasteiger partial charge in [0.15, 0.2) is 5.13 Å². The molecule has 27 heavy (non-hydrogen) atoms. The van der Waals surface area contributed by atoms with Gasteiger partial charge in [-0.3, -0.25) is 10.1 Å². The molecule has 7 nitrogen and oxygen atoms in total. The summed E-state index contributed by atoms with van der Waals surface area (Å²) in [5.74, 6) is 0.705. The zero-order chi connectivity index (χ0) is 19.2. The molecule has 2 amide bonds. The highest BCUT2D eigenvalue weighted by atomic mass is 32.1. The van der Waals surface area contributed by atoms with Crippen molar-refractivity contribution in [3.63, 3.8) is 0 Å². The average molecular weight is 389 g/mol. The zero-order valence-electron chi connectivity index (χ0n) is 15.4. The molecule has 1 aromatic carbocycles. The summed E-state index contributed by atoms with van der Waals surface area (Å²) < 4.78 is 10.8. The van der Waals surface area contributed by atoms with E-state index in [9.17, 15) is 9.59 Å². The van der Waals surface area contributed by atoms with Crippen LogP contribution in [0, 0.1) is 0 Å². The van der Waals surface area contributed by atoms with Crippen molar-refractivity contribution in [1.29, 1.82) is 0 Å². The van der Waals surface area contributed by atoms with E-state index in [1.165, 1.54) is 18.3 Å². The highest BCUT2D eigenvalue weighted by Gasteiger charge is 2.23. The van der Waals surface area contributed by atoms with Crippen molar-refractivity contribution in [2.24, 2.45) is 0 Å². The lowest BCUT2D eigenvalue weighted by atomic mass is 9.97. The number of amides is 2. The van der Waals surface area contributed by atoms with E-state index in [2.05, 4.69) is 15.6 Å². The number of anilines is 1. The van der Waals surface area contributed by atoms with Crippen LogP contribution in [-0.2, 0) is 9.53 Å². The van der Waals surface area contributed by atoms with Crippen molar-refractivity contribution >= 4 is 28.5 Å². The summed E-state index contributed by atoms with van der Waals surface area (Å²) >= 11 is 1.34. The van der Waals surface area contributed by atoms with Crippen molar-refractivity contribution in [2.45, 2.75) is 39.2 Å². The van der Waals surface area contributed by atoms with Crippen LogP contribution in [0.2, 0.25) is 0 Å². The number of rotatable bonds is 6. The molecule has 0 spiro atoms. The van der Waals surface area contributed by atoms with Crippen molar-refractivity contribution in [3.05, 3.63) is 29.1 Å². The van der Waals surface area contributed by atoms with Crippen molar-refractivity contribution in [2.75, 3.05) is 18.5 Å². The highest BCUT2D eigenvalue weighted by Crippen LogP contribution is 2.36. The second-order valence-corrected chi connectivity index (χ2v) is 7.15. The van der Waals surface area contributed by atoms with Gasteiger partial charge in [0.2, 0.25) is 5.91 Å². The van der Waals surface area contributed by atoms with Gasteiger partial charge in [-0.05, 0) is 24.6 Å². The number of benzene rings is 1. The van der Waals surface area contributed by atoms with Gasteiger partial charge >= 0.3 is 6.09 Å². The minimum absolute atomic E-state index is 0.0695. The molecule has 1 atom stereocenters. The summed E-state index contributed by atoms with van der Waals surface area (Å²) in [6.45, 7) is 4.52. The van der Waals surface area contributed by atoms with Gasteiger partial charge in [0, 0.05) is 29.9 Å². The van der Waals surface area contributed by atoms with Gasteiger partial charge in [-0.2, -0.15) is 0 Å². The van der Waals surface area contributed by atoms with E-state index in [1.54, 1.807) is 0 Å². The molecule has 0 aliphatic carbocycles. The number of carbonyl (C=O) groups is 2. The zero-order valence-corrected chi connectivity index (χ0v) is 16.2. The topological polar surface area (TPSA) is 89.5 Å². The number of nitrogens with one attached hydrogen (secondary N) is 2. The summed E-state index contributed by atoms with van der Waals surface area (Å²) in [6.07, 6.45) is 2.04. The number of hydrogen-bond acceptors (Lipinski definition) is 6. The van der Waals surface area contributed by atoms with E-state index in [0.29, 0.717) is 18.3 Å². The maximum Gasteiger partial charge on any atom is 0.413 e. The number of fused-ring (bicyclic) bond motifs is 1. The largest absolute Gasteiger partial charge is 0.493 e.